The molecule has 1 aromatic carbocycles. The Hall–Kier alpha value is -2.81. The quantitative estimate of drug-likeness (QED) is 0.303. The molecule has 146 valence electrons. The number of piperidine rings is 1. The number of likely N-dealkylation sites (tertiary alicyclic amines) is 1. The van der Waals surface area contributed by atoms with Crippen molar-refractivity contribution in [1.82, 2.24) is 9.47 Å². The van der Waals surface area contributed by atoms with Crippen molar-refractivity contribution in [1.29, 1.82) is 0 Å². The Bertz CT molecular complexity index is 964. The van der Waals surface area contributed by atoms with Gasteiger partial charge in [0.15, 0.2) is 11.8 Å². The van der Waals surface area contributed by atoms with Crippen LogP contribution in [0.5, 0.6) is 0 Å². The van der Waals surface area contributed by atoms with E-state index in [1.54, 1.807) is 4.90 Å². The Kier molecular flexibility index (Phi) is 6.03. The first-order chi connectivity index (χ1) is 13.4. The molecule has 1 aliphatic heterocycles. The van der Waals surface area contributed by atoms with Gasteiger partial charge in [-0.05, 0) is 53.4 Å². The number of halogens is 1. The summed E-state index contributed by atoms with van der Waals surface area (Å²) in [5.74, 6) is -1.02. The number of nitro groups is 1. The largest absolute Gasteiger partial charge is 0.340 e. The van der Waals surface area contributed by atoms with Crippen LogP contribution in [0.2, 0.25) is 0 Å². The molecule has 1 amide bonds. The van der Waals surface area contributed by atoms with Crippen LogP contribution in [0.25, 0.3) is 0 Å². The molecule has 2 heterocycles. The van der Waals surface area contributed by atoms with Crippen LogP contribution < -0.4 is 5.56 Å². The number of benzene rings is 1. The fourth-order valence-corrected chi connectivity index (χ4v) is 3.58. The van der Waals surface area contributed by atoms with Gasteiger partial charge in [-0.2, -0.15) is 0 Å². The number of pyridine rings is 1. The minimum Gasteiger partial charge on any atom is -0.340 e. The van der Waals surface area contributed by atoms with Crippen molar-refractivity contribution in [3.63, 3.8) is 0 Å². The minimum atomic E-state index is -1.36. The molecule has 1 fully saturated rings. The Labute approximate surface area is 169 Å². The number of hydrogen-bond donors (Lipinski definition) is 0. The van der Waals surface area contributed by atoms with Gasteiger partial charge in [0.25, 0.3) is 17.2 Å². The lowest BCUT2D eigenvalue weighted by Crippen LogP contribution is -2.45. The average molecular weight is 448 g/mol. The van der Waals surface area contributed by atoms with E-state index in [4.69, 9.17) is 0 Å². The standard InChI is InChI=1S/C19H18BrN3O5/c20-14-6-9-16(24)22(12-14)17(19(26)21-10-2-1-3-11-21)18(25)13-4-7-15(8-5-13)23(27)28/h4-9,12,17H,1-3,10-11H2. The first-order valence-corrected chi connectivity index (χ1v) is 9.63. The summed E-state index contributed by atoms with van der Waals surface area (Å²) in [4.78, 5) is 50.6. The van der Waals surface area contributed by atoms with E-state index >= 15 is 0 Å². The van der Waals surface area contributed by atoms with E-state index in [0.717, 1.165) is 23.8 Å². The van der Waals surface area contributed by atoms with Gasteiger partial charge in [0, 0.05) is 47.5 Å². The van der Waals surface area contributed by atoms with E-state index in [-0.39, 0.29) is 11.3 Å². The monoisotopic (exact) mass is 447 g/mol. The highest BCUT2D eigenvalue weighted by Crippen LogP contribution is 2.22. The maximum atomic E-state index is 13.2. The summed E-state index contributed by atoms with van der Waals surface area (Å²) < 4.78 is 1.67. The Morgan fingerprint density at radius 3 is 2.29 bits per heavy atom. The predicted molar refractivity (Wildman–Crippen MR) is 105 cm³/mol. The zero-order valence-electron chi connectivity index (χ0n) is 14.9. The van der Waals surface area contributed by atoms with Crippen LogP contribution in [-0.4, -0.2) is 39.2 Å². The lowest BCUT2D eigenvalue weighted by Gasteiger charge is -2.30. The number of carbonyl (C=O) groups is 2. The highest BCUT2D eigenvalue weighted by Gasteiger charge is 2.34. The van der Waals surface area contributed by atoms with Gasteiger partial charge < -0.3 is 4.90 Å². The molecule has 0 spiro atoms. The number of amides is 1. The summed E-state index contributed by atoms with van der Waals surface area (Å²) in [5.41, 5.74) is -0.503. The van der Waals surface area contributed by atoms with E-state index in [1.807, 2.05) is 0 Å². The number of Topliss-reactive ketones (excluding diaryl/α,β-unsaturated/α-hetero) is 1. The molecule has 1 atom stereocenters. The molecular formula is C19H18BrN3O5. The first-order valence-electron chi connectivity index (χ1n) is 8.83. The number of carbonyl (C=O) groups excluding carboxylic acids is 2. The third kappa shape index (κ3) is 4.19. The van der Waals surface area contributed by atoms with Crippen LogP contribution >= 0.6 is 15.9 Å². The average Bonchev–Trinajstić information content (AvgIpc) is 2.71. The number of hydrogen-bond acceptors (Lipinski definition) is 5. The summed E-state index contributed by atoms with van der Waals surface area (Å²) in [6, 6.07) is 6.49. The van der Waals surface area contributed by atoms with Crippen LogP contribution in [0.3, 0.4) is 0 Å². The third-order valence-corrected chi connectivity index (χ3v) is 5.16. The molecule has 0 bridgehead atoms. The van der Waals surface area contributed by atoms with Gasteiger partial charge in [-0.15, -0.1) is 0 Å². The van der Waals surface area contributed by atoms with Gasteiger partial charge in [0.2, 0.25) is 0 Å². The summed E-state index contributed by atoms with van der Waals surface area (Å²) in [6.07, 6.45) is 4.12. The molecule has 8 nitrogen and oxygen atoms in total. The maximum absolute atomic E-state index is 13.2. The molecule has 1 aliphatic rings. The SMILES string of the molecule is O=C(c1ccc([N+](=O)[O-])cc1)C(C(=O)N1CCCCC1)n1cc(Br)ccc1=O. The van der Waals surface area contributed by atoms with Crippen LogP contribution in [0.1, 0.15) is 35.7 Å². The van der Waals surface area contributed by atoms with E-state index in [9.17, 15) is 24.5 Å². The number of non-ortho nitro benzene ring substituents is 1. The molecular weight excluding hydrogens is 430 g/mol. The van der Waals surface area contributed by atoms with Gasteiger partial charge in [-0.3, -0.25) is 29.1 Å². The molecule has 28 heavy (non-hydrogen) atoms. The molecule has 0 radical (unpaired) electrons. The Morgan fingerprint density at radius 2 is 1.68 bits per heavy atom. The van der Waals surface area contributed by atoms with Crippen molar-refractivity contribution in [3.05, 3.63) is 73.1 Å². The van der Waals surface area contributed by atoms with Crippen molar-refractivity contribution in [2.45, 2.75) is 25.3 Å². The number of nitrogens with zero attached hydrogens (tertiary/aromatic N) is 3. The van der Waals surface area contributed by atoms with Gasteiger partial charge >= 0.3 is 0 Å². The van der Waals surface area contributed by atoms with Gasteiger partial charge in [0.1, 0.15) is 0 Å². The fraction of sp³-hybridized carbons (Fsp3) is 0.316. The van der Waals surface area contributed by atoms with E-state index < -0.39 is 28.2 Å². The highest BCUT2D eigenvalue weighted by atomic mass is 79.9. The van der Waals surface area contributed by atoms with Crippen molar-refractivity contribution < 1.29 is 14.5 Å². The maximum Gasteiger partial charge on any atom is 0.269 e. The van der Waals surface area contributed by atoms with Crippen LogP contribution in [0, 0.1) is 10.1 Å². The Morgan fingerprint density at radius 1 is 1.04 bits per heavy atom. The molecule has 0 saturated carbocycles. The van der Waals surface area contributed by atoms with Crippen LogP contribution in [0.15, 0.2) is 51.9 Å². The molecule has 1 unspecified atom stereocenters. The molecule has 2 aromatic rings. The van der Waals surface area contributed by atoms with Crippen molar-refractivity contribution >= 4 is 33.3 Å². The van der Waals surface area contributed by atoms with E-state index in [2.05, 4.69) is 15.9 Å². The van der Waals surface area contributed by atoms with Crippen molar-refractivity contribution in [2.75, 3.05) is 13.1 Å². The molecule has 0 N–H and O–H groups in total. The second-order valence-electron chi connectivity index (χ2n) is 6.55. The number of aromatic nitrogens is 1. The fourth-order valence-electron chi connectivity index (χ4n) is 3.23. The lowest BCUT2D eigenvalue weighted by molar-refractivity contribution is -0.384. The van der Waals surface area contributed by atoms with E-state index in [1.165, 1.54) is 42.6 Å². The van der Waals surface area contributed by atoms with Gasteiger partial charge in [0.05, 0.1) is 4.92 Å². The van der Waals surface area contributed by atoms with E-state index in [0.29, 0.717) is 17.6 Å². The Balaban J connectivity index is 2.03. The number of ketones is 1. The molecule has 1 saturated heterocycles. The second kappa shape index (κ2) is 8.47. The summed E-state index contributed by atoms with van der Waals surface area (Å²) in [6.45, 7) is 1.07. The molecule has 9 heteroatoms. The second-order valence-corrected chi connectivity index (χ2v) is 7.47. The minimum absolute atomic E-state index is 0.132. The van der Waals surface area contributed by atoms with Crippen molar-refractivity contribution in [2.24, 2.45) is 0 Å². The number of rotatable bonds is 5. The van der Waals surface area contributed by atoms with Crippen LogP contribution in [0.4, 0.5) is 5.69 Å². The van der Waals surface area contributed by atoms with Gasteiger partial charge in [-0.25, -0.2) is 0 Å². The summed E-state index contributed by atoms with van der Waals surface area (Å²) in [5, 5.41) is 10.8. The molecule has 1 aromatic heterocycles. The predicted octanol–water partition coefficient (Wildman–Crippen LogP) is 2.96. The third-order valence-electron chi connectivity index (χ3n) is 4.69. The topological polar surface area (TPSA) is 103 Å². The molecule has 3 rings (SSSR count). The number of nitro benzene ring substituents is 1. The van der Waals surface area contributed by atoms with Crippen molar-refractivity contribution in [3.8, 4) is 0 Å². The summed E-state index contributed by atoms with van der Waals surface area (Å²) in [7, 11) is 0. The highest BCUT2D eigenvalue weighted by molar-refractivity contribution is 9.10. The molecule has 0 aliphatic carbocycles. The summed E-state index contributed by atoms with van der Waals surface area (Å²) >= 11 is 3.27. The smallest absolute Gasteiger partial charge is 0.269 e. The normalized spacial score (nSPS) is 15.1. The first kappa shape index (κ1) is 19.9. The van der Waals surface area contributed by atoms with Gasteiger partial charge in [-0.1, -0.05) is 0 Å². The zero-order chi connectivity index (χ0) is 20.3. The zero-order valence-corrected chi connectivity index (χ0v) is 16.5. The lowest BCUT2D eigenvalue weighted by atomic mass is 10.0. The van der Waals surface area contributed by atoms with Crippen LogP contribution in [-0.2, 0) is 4.79 Å².